The number of hydrogen-bond donors (Lipinski definition) is 1. The first-order valence-electron chi connectivity index (χ1n) is 8.17. The number of nitrogens with zero attached hydrogens (tertiary/aromatic N) is 2. The van der Waals surface area contributed by atoms with Crippen LogP contribution in [0, 0.1) is 6.92 Å². The van der Waals surface area contributed by atoms with Crippen LogP contribution in [0.4, 0.5) is 0 Å². The largest absolute Gasteiger partial charge is 0.312 e. The van der Waals surface area contributed by atoms with Crippen molar-refractivity contribution < 1.29 is 0 Å². The molecule has 0 aliphatic carbocycles. The molecule has 0 aromatic heterocycles. The summed E-state index contributed by atoms with van der Waals surface area (Å²) in [6.07, 6.45) is 2.56. The molecule has 0 radical (unpaired) electrons. The van der Waals surface area contributed by atoms with Gasteiger partial charge in [0.05, 0.1) is 0 Å². The Bertz CT molecular complexity index is 421. The third-order valence-corrected chi connectivity index (χ3v) is 5.14. The van der Waals surface area contributed by atoms with Gasteiger partial charge < -0.3 is 10.2 Å². The van der Waals surface area contributed by atoms with Gasteiger partial charge in [-0.15, -0.1) is 0 Å². The normalized spacial score (nSPS) is 20.7. The molecule has 0 amide bonds. The molecule has 118 valence electrons. The third-order valence-electron chi connectivity index (χ3n) is 5.14. The Hall–Kier alpha value is -0.900. The van der Waals surface area contributed by atoms with Crippen molar-refractivity contribution in [2.75, 3.05) is 34.2 Å². The van der Waals surface area contributed by atoms with E-state index in [4.69, 9.17) is 0 Å². The van der Waals surface area contributed by atoms with E-state index < -0.39 is 0 Å². The molecular weight excluding hydrogens is 258 g/mol. The molecule has 2 atom stereocenters. The SMILES string of the molecule is CNC(c1ccc(C)cc1)C(C)N(C)C1CCN(C)CC1. The minimum absolute atomic E-state index is 0.384. The number of likely N-dealkylation sites (N-methyl/N-ethyl adjacent to an activating group) is 2. The van der Waals surface area contributed by atoms with Crippen LogP contribution >= 0.6 is 0 Å². The average molecular weight is 289 g/mol. The second kappa shape index (κ2) is 7.39. The van der Waals surface area contributed by atoms with Crippen LogP contribution in [0.5, 0.6) is 0 Å². The van der Waals surface area contributed by atoms with Gasteiger partial charge in [-0.1, -0.05) is 29.8 Å². The van der Waals surface area contributed by atoms with E-state index in [-0.39, 0.29) is 0 Å². The zero-order chi connectivity index (χ0) is 15.4. The number of nitrogens with one attached hydrogen (secondary N) is 1. The molecule has 1 aliphatic rings. The first-order valence-corrected chi connectivity index (χ1v) is 8.17. The lowest BCUT2D eigenvalue weighted by atomic mass is 9.95. The Morgan fingerprint density at radius 3 is 2.29 bits per heavy atom. The Labute approximate surface area is 130 Å². The summed E-state index contributed by atoms with van der Waals surface area (Å²) in [4.78, 5) is 5.01. The van der Waals surface area contributed by atoms with Crippen molar-refractivity contribution in [3.8, 4) is 0 Å². The van der Waals surface area contributed by atoms with E-state index in [2.05, 4.69) is 74.4 Å². The smallest absolute Gasteiger partial charge is 0.0473 e. The summed E-state index contributed by atoms with van der Waals surface area (Å²) in [5, 5.41) is 3.51. The quantitative estimate of drug-likeness (QED) is 0.899. The van der Waals surface area contributed by atoms with Gasteiger partial charge in [0.1, 0.15) is 0 Å². The first kappa shape index (κ1) is 16.5. The molecule has 0 spiro atoms. The summed E-state index contributed by atoms with van der Waals surface area (Å²) in [5.41, 5.74) is 2.71. The zero-order valence-corrected chi connectivity index (χ0v) is 14.3. The van der Waals surface area contributed by atoms with Gasteiger partial charge in [-0.2, -0.15) is 0 Å². The molecule has 1 aromatic carbocycles. The monoisotopic (exact) mass is 289 g/mol. The van der Waals surface area contributed by atoms with Gasteiger partial charge in [-0.3, -0.25) is 4.90 Å². The minimum Gasteiger partial charge on any atom is -0.312 e. The van der Waals surface area contributed by atoms with Gasteiger partial charge in [0.15, 0.2) is 0 Å². The van der Waals surface area contributed by atoms with Gasteiger partial charge in [-0.25, -0.2) is 0 Å². The van der Waals surface area contributed by atoms with E-state index in [1.54, 1.807) is 0 Å². The van der Waals surface area contributed by atoms with Crippen LogP contribution < -0.4 is 5.32 Å². The molecule has 1 heterocycles. The second-order valence-electron chi connectivity index (χ2n) is 6.62. The van der Waals surface area contributed by atoms with Gasteiger partial charge in [0.25, 0.3) is 0 Å². The summed E-state index contributed by atoms with van der Waals surface area (Å²) >= 11 is 0. The number of rotatable bonds is 5. The molecule has 2 unspecified atom stereocenters. The molecule has 3 nitrogen and oxygen atoms in total. The molecule has 0 saturated carbocycles. The number of benzene rings is 1. The number of hydrogen-bond acceptors (Lipinski definition) is 3. The summed E-state index contributed by atoms with van der Waals surface area (Å²) in [5.74, 6) is 0. The van der Waals surface area contributed by atoms with Gasteiger partial charge >= 0.3 is 0 Å². The molecule has 3 heteroatoms. The summed E-state index contributed by atoms with van der Waals surface area (Å²) in [7, 11) is 6.59. The van der Waals surface area contributed by atoms with Crippen LogP contribution in [0.25, 0.3) is 0 Å². The van der Waals surface area contributed by atoms with Crippen LogP contribution in [0.3, 0.4) is 0 Å². The fourth-order valence-corrected chi connectivity index (χ4v) is 3.43. The number of piperidine rings is 1. The van der Waals surface area contributed by atoms with Crippen molar-refractivity contribution in [2.24, 2.45) is 0 Å². The van der Waals surface area contributed by atoms with Crippen LogP contribution in [-0.2, 0) is 0 Å². The van der Waals surface area contributed by atoms with Gasteiger partial charge in [-0.05, 0) is 66.5 Å². The fraction of sp³-hybridized carbons (Fsp3) is 0.667. The van der Waals surface area contributed by atoms with Crippen molar-refractivity contribution in [1.82, 2.24) is 15.1 Å². The van der Waals surface area contributed by atoms with Gasteiger partial charge in [0, 0.05) is 18.1 Å². The van der Waals surface area contributed by atoms with Crippen LogP contribution in [0.15, 0.2) is 24.3 Å². The standard InChI is InChI=1S/C18H31N3/c1-14-6-8-16(9-7-14)18(19-3)15(2)21(5)17-10-12-20(4)13-11-17/h6-9,15,17-19H,10-13H2,1-5H3. The molecule has 1 fully saturated rings. The van der Waals surface area contributed by atoms with E-state index in [1.807, 2.05) is 0 Å². The van der Waals surface area contributed by atoms with E-state index in [0.717, 1.165) is 0 Å². The Morgan fingerprint density at radius 1 is 1.19 bits per heavy atom. The average Bonchev–Trinajstić information content (AvgIpc) is 2.50. The maximum atomic E-state index is 3.51. The van der Waals surface area contributed by atoms with Crippen LogP contribution in [0.1, 0.15) is 36.9 Å². The second-order valence-corrected chi connectivity index (χ2v) is 6.62. The Kier molecular flexibility index (Phi) is 5.80. The molecule has 2 rings (SSSR count). The van der Waals surface area contributed by atoms with E-state index >= 15 is 0 Å². The molecule has 1 saturated heterocycles. The molecule has 1 aromatic rings. The molecule has 0 bridgehead atoms. The lowest BCUT2D eigenvalue weighted by Crippen LogP contribution is -2.49. The Balaban J connectivity index is 2.05. The summed E-state index contributed by atoms with van der Waals surface area (Å²) < 4.78 is 0. The van der Waals surface area contributed by atoms with Crippen molar-refractivity contribution >= 4 is 0 Å². The minimum atomic E-state index is 0.384. The van der Waals surface area contributed by atoms with Gasteiger partial charge in [0.2, 0.25) is 0 Å². The molecule has 1 aliphatic heterocycles. The van der Waals surface area contributed by atoms with Crippen molar-refractivity contribution in [3.63, 3.8) is 0 Å². The highest BCUT2D eigenvalue weighted by atomic mass is 15.2. The van der Waals surface area contributed by atoms with Crippen molar-refractivity contribution in [2.45, 2.75) is 44.8 Å². The van der Waals surface area contributed by atoms with Crippen molar-refractivity contribution in [3.05, 3.63) is 35.4 Å². The predicted molar refractivity (Wildman–Crippen MR) is 90.7 cm³/mol. The predicted octanol–water partition coefficient (Wildman–Crippen LogP) is 2.67. The topological polar surface area (TPSA) is 18.5 Å². The first-order chi connectivity index (χ1) is 10.0. The van der Waals surface area contributed by atoms with Crippen molar-refractivity contribution in [1.29, 1.82) is 0 Å². The Morgan fingerprint density at radius 2 is 1.76 bits per heavy atom. The van der Waals surface area contributed by atoms with E-state index in [0.29, 0.717) is 18.1 Å². The lowest BCUT2D eigenvalue weighted by molar-refractivity contribution is 0.0968. The summed E-state index contributed by atoms with van der Waals surface area (Å²) in [6.45, 7) is 6.93. The highest BCUT2D eigenvalue weighted by Crippen LogP contribution is 2.25. The van der Waals surface area contributed by atoms with E-state index in [1.165, 1.54) is 37.1 Å². The van der Waals surface area contributed by atoms with Crippen LogP contribution in [0.2, 0.25) is 0 Å². The fourth-order valence-electron chi connectivity index (χ4n) is 3.43. The maximum absolute atomic E-state index is 3.51. The molecule has 1 N–H and O–H groups in total. The van der Waals surface area contributed by atoms with Crippen LogP contribution in [-0.4, -0.2) is 56.1 Å². The number of aryl methyl sites for hydroxylation is 1. The highest BCUT2D eigenvalue weighted by molar-refractivity contribution is 5.25. The summed E-state index contributed by atoms with van der Waals surface area (Å²) in [6, 6.07) is 10.5. The maximum Gasteiger partial charge on any atom is 0.0473 e. The molecule has 21 heavy (non-hydrogen) atoms. The number of likely N-dealkylation sites (tertiary alicyclic amines) is 1. The molecular formula is C18H31N3. The third kappa shape index (κ3) is 4.06. The lowest BCUT2D eigenvalue weighted by Gasteiger charge is -2.41. The highest BCUT2D eigenvalue weighted by Gasteiger charge is 2.28. The zero-order valence-electron chi connectivity index (χ0n) is 14.3. The van der Waals surface area contributed by atoms with E-state index in [9.17, 15) is 0 Å².